The predicted octanol–water partition coefficient (Wildman–Crippen LogP) is 2.20. The van der Waals surface area contributed by atoms with Crippen LogP contribution in [0.2, 0.25) is 0 Å². The van der Waals surface area contributed by atoms with E-state index < -0.39 is 12.1 Å². The third kappa shape index (κ3) is 3.81. The first-order valence-corrected chi connectivity index (χ1v) is 10.4. The lowest BCUT2D eigenvalue weighted by Gasteiger charge is -2.29. The average Bonchev–Trinajstić information content (AvgIpc) is 3.36. The van der Waals surface area contributed by atoms with Gasteiger partial charge in [0, 0.05) is 19.5 Å². The van der Waals surface area contributed by atoms with Crippen molar-refractivity contribution in [3.63, 3.8) is 0 Å². The summed E-state index contributed by atoms with van der Waals surface area (Å²) in [5, 5.41) is 2.71. The molecule has 8 nitrogen and oxygen atoms in total. The molecule has 2 aromatic carbocycles. The molecule has 3 heterocycles. The molecule has 0 aliphatic carbocycles. The zero-order valence-corrected chi connectivity index (χ0v) is 17.0. The van der Waals surface area contributed by atoms with Gasteiger partial charge in [0.2, 0.25) is 12.7 Å². The van der Waals surface area contributed by atoms with Crippen LogP contribution in [0.25, 0.3) is 0 Å². The van der Waals surface area contributed by atoms with Crippen LogP contribution in [0.15, 0.2) is 42.5 Å². The zero-order chi connectivity index (χ0) is 21.4. The number of hydrogen-bond donors (Lipinski definition) is 1. The minimum atomic E-state index is -0.678. The Bertz CT molecular complexity index is 1050. The summed E-state index contributed by atoms with van der Waals surface area (Å²) in [5.74, 6) is 0.956. The minimum absolute atomic E-state index is 0.00535. The molecule has 2 aromatic rings. The number of urea groups is 1. The number of nitrogens with zero attached hydrogens (tertiary/aromatic N) is 2. The van der Waals surface area contributed by atoms with Crippen LogP contribution in [0.3, 0.4) is 0 Å². The molecule has 0 bridgehead atoms. The number of hydrogen-bond acceptors (Lipinski definition) is 5. The van der Waals surface area contributed by atoms with Gasteiger partial charge < -0.3 is 19.7 Å². The van der Waals surface area contributed by atoms with E-state index in [0.717, 1.165) is 12.0 Å². The van der Waals surface area contributed by atoms with Crippen LogP contribution in [-0.2, 0) is 29.1 Å². The highest BCUT2D eigenvalue weighted by atomic mass is 16.7. The molecule has 0 radical (unpaired) electrons. The topological polar surface area (TPSA) is 88.2 Å². The summed E-state index contributed by atoms with van der Waals surface area (Å²) in [6.07, 6.45) is 1.35. The van der Waals surface area contributed by atoms with Crippen molar-refractivity contribution in [3.8, 4) is 11.5 Å². The molecule has 8 heteroatoms. The van der Waals surface area contributed by atoms with Crippen molar-refractivity contribution in [2.24, 2.45) is 0 Å². The van der Waals surface area contributed by atoms with Crippen molar-refractivity contribution >= 4 is 17.8 Å². The Morgan fingerprint density at radius 2 is 1.87 bits per heavy atom. The van der Waals surface area contributed by atoms with Gasteiger partial charge in [0.1, 0.15) is 6.04 Å². The number of benzene rings is 2. The first kappa shape index (κ1) is 19.4. The molecule has 0 spiro atoms. The SMILES string of the molecule is O=C(CC[C@H]1NC(=O)N(Cc2ccc3c(c2)OCO3)C1=O)N1CCc2ccccc2C1. The van der Waals surface area contributed by atoms with Gasteiger partial charge >= 0.3 is 6.03 Å². The Kier molecular flexibility index (Phi) is 4.97. The van der Waals surface area contributed by atoms with Gasteiger partial charge in [-0.2, -0.15) is 0 Å². The quantitative estimate of drug-likeness (QED) is 0.748. The lowest BCUT2D eigenvalue weighted by molar-refractivity contribution is -0.132. The maximum absolute atomic E-state index is 12.8. The maximum atomic E-state index is 12.8. The summed E-state index contributed by atoms with van der Waals surface area (Å²) in [6, 6.07) is 12.4. The molecule has 1 atom stereocenters. The smallest absolute Gasteiger partial charge is 0.325 e. The molecule has 0 aromatic heterocycles. The van der Waals surface area contributed by atoms with Crippen molar-refractivity contribution in [1.82, 2.24) is 15.1 Å². The third-order valence-electron chi connectivity index (χ3n) is 6.01. The van der Waals surface area contributed by atoms with Crippen molar-refractivity contribution in [2.45, 2.75) is 38.4 Å². The van der Waals surface area contributed by atoms with Crippen molar-refractivity contribution < 1.29 is 23.9 Å². The largest absolute Gasteiger partial charge is 0.454 e. The molecule has 0 unspecified atom stereocenters. The Balaban J connectivity index is 1.17. The summed E-state index contributed by atoms with van der Waals surface area (Å²) < 4.78 is 10.6. The molecule has 1 saturated heterocycles. The number of amides is 4. The molecule has 1 fully saturated rings. The zero-order valence-electron chi connectivity index (χ0n) is 17.0. The lowest BCUT2D eigenvalue weighted by atomic mass is 9.99. The molecule has 5 rings (SSSR count). The predicted molar refractivity (Wildman–Crippen MR) is 110 cm³/mol. The van der Waals surface area contributed by atoms with Gasteiger partial charge in [-0.05, 0) is 41.7 Å². The van der Waals surface area contributed by atoms with Gasteiger partial charge in [-0.3, -0.25) is 14.5 Å². The number of nitrogens with one attached hydrogen (secondary N) is 1. The standard InChI is InChI=1S/C23H23N3O5/c27-21(25-10-9-16-3-1-2-4-17(16)13-25)8-6-18-22(28)26(23(29)24-18)12-15-5-7-19-20(11-15)31-14-30-19/h1-5,7,11,18H,6,8-10,12-14H2,(H,24,29)/t18-/m1/s1. The van der Waals surface area contributed by atoms with Gasteiger partial charge in [-0.1, -0.05) is 30.3 Å². The molecule has 3 aliphatic rings. The van der Waals surface area contributed by atoms with E-state index in [0.29, 0.717) is 31.0 Å². The highest BCUT2D eigenvalue weighted by molar-refractivity contribution is 6.04. The molecule has 4 amide bonds. The van der Waals surface area contributed by atoms with E-state index in [2.05, 4.69) is 11.4 Å². The number of imide groups is 1. The minimum Gasteiger partial charge on any atom is -0.454 e. The summed E-state index contributed by atoms with van der Waals surface area (Å²) in [5.41, 5.74) is 3.22. The first-order valence-electron chi connectivity index (χ1n) is 10.4. The molecule has 3 aliphatic heterocycles. The molecule has 0 saturated carbocycles. The van der Waals surface area contributed by atoms with Gasteiger partial charge in [0.15, 0.2) is 11.5 Å². The second-order valence-corrected chi connectivity index (χ2v) is 7.99. The second kappa shape index (κ2) is 7.94. The van der Waals surface area contributed by atoms with Crippen LogP contribution in [0.5, 0.6) is 11.5 Å². The van der Waals surface area contributed by atoms with Gasteiger partial charge in [-0.15, -0.1) is 0 Å². The van der Waals surface area contributed by atoms with Crippen LogP contribution >= 0.6 is 0 Å². The van der Waals surface area contributed by atoms with Crippen LogP contribution < -0.4 is 14.8 Å². The summed E-state index contributed by atoms with van der Waals surface area (Å²) in [4.78, 5) is 40.8. The third-order valence-corrected chi connectivity index (χ3v) is 6.01. The normalized spacial score (nSPS) is 19.4. The molecular weight excluding hydrogens is 398 g/mol. The Morgan fingerprint density at radius 3 is 2.74 bits per heavy atom. The number of fused-ring (bicyclic) bond motifs is 2. The number of rotatable bonds is 5. The first-order chi connectivity index (χ1) is 15.1. The number of carbonyl (C=O) groups excluding carboxylic acids is 3. The fourth-order valence-corrected chi connectivity index (χ4v) is 4.28. The summed E-state index contributed by atoms with van der Waals surface area (Å²) >= 11 is 0. The van der Waals surface area contributed by atoms with E-state index in [9.17, 15) is 14.4 Å². The van der Waals surface area contributed by atoms with Gasteiger partial charge in [-0.25, -0.2) is 4.79 Å². The molecule has 160 valence electrons. The van der Waals surface area contributed by atoms with Crippen molar-refractivity contribution in [1.29, 1.82) is 0 Å². The molecular formula is C23H23N3O5. The van der Waals surface area contributed by atoms with Crippen LogP contribution in [0, 0.1) is 0 Å². The Morgan fingerprint density at radius 1 is 1.06 bits per heavy atom. The second-order valence-electron chi connectivity index (χ2n) is 7.99. The maximum Gasteiger partial charge on any atom is 0.325 e. The van der Waals surface area contributed by atoms with E-state index >= 15 is 0 Å². The van der Waals surface area contributed by atoms with Crippen LogP contribution in [0.4, 0.5) is 4.79 Å². The van der Waals surface area contributed by atoms with E-state index in [1.165, 1.54) is 16.0 Å². The van der Waals surface area contributed by atoms with Crippen LogP contribution in [0.1, 0.15) is 29.5 Å². The van der Waals surface area contributed by atoms with Crippen LogP contribution in [-0.4, -0.2) is 47.0 Å². The molecule has 1 N–H and O–H groups in total. The van der Waals surface area contributed by atoms with E-state index in [1.807, 2.05) is 23.1 Å². The highest BCUT2D eigenvalue weighted by Crippen LogP contribution is 2.33. The van der Waals surface area contributed by atoms with E-state index in [-0.39, 0.29) is 31.6 Å². The number of carbonyl (C=O) groups is 3. The van der Waals surface area contributed by atoms with Crippen molar-refractivity contribution in [3.05, 3.63) is 59.2 Å². The van der Waals surface area contributed by atoms with Gasteiger partial charge in [0.05, 0.1) is 6.54 Å². The van der Waals surface area contributed by atoms with E-state index in [4.69, 9.17) is 9.47 Å². The monoisotopic (exact) mass is 421 g/mol. The highest BCUT2D eigenvalue weighted by Gasteiger charge is 2.38. The lowest BCUT2D eigenvalue weighted by Crippen LogP contribution is -2.37. The Labute approximate surface area is 179 Å². The molecule has 31 heavy (non-hydrogen) atoms. The fraction of sp³-hybridized carbons (Fsp3) is 0.348. The average molecular weight is 421 g/mol. The van der Waals surface area contributed by atoms with Gasteiger partial charge in [0.25, 0.3) is 5.91 Å². The van der Waals surface area contributed by atoms with Crippen molar-refractivity contribution in [2.75, 3.05) is 13.3 Å². The summed E-state index contributed by atoms with van der Waals surface area (Å²) in [7, 11) is 0. The Hall–Kier alpha value is -3.55. The number of ether oxygens (including phenoxy) is 2. The van der Waals surface area contributed by atoms with E-state index in [1.54, 1.807) is 18.2 Å². The fourth-order valence-electron chi connectivity index (χ4n) is 4.28. The summed E-state index contributed by atoms with van der Waals surface area (Å²) in [6.45, 7) is 1.59.